The summed E-state index contributed by atoms with van der Waals surface area (Å²) < 4.78 is 0. The molecule has 0 saturated heterocycles. The predicted octanol–water partition coefficient (Wildman–Crippen LogP) is 2.57. The van der Waals surface area contributed by atoms with Crippen LogP contribution >= 0.6 is 0 Å². The normalized spacial score (nSPS) is 12.4. The van der Waals surface area contributed by atoms with E-state index in [0.717, 1.165) is 25.0 Å². The van der Waals surface area contributed by atoms with Gasteiger partial charge in [0.2, 0.25) is 0 Å². The van der Waals surface area contributed by atoms with Gasteiger partial charge in [0.05, 0.1) is 0 Å². The number of rotatable bonds is 6. The summed E-state index contributed by atoms with van der Waals surface area (Å²) in [6.45, 7) is 6.00. The van der Waals surface area contributed by atoms with Gasteiger partial charge in [-0.15, -0.1) is 6.58 Å². The third kappa shape index (κ3) is 4.75. The molecule has 1 heterocycles. The number of hydrogen-bond acceptors (Lipinski definition) is 2. The zero-order valence-corrected chi connectivity index (χ0v) is 9.66. The van der Waals surface area contributed by atoms with Gasteiger partial charge in [-0.2, -0.15) is 0 Å². The van der Waals surface area contributed by atoms with E-state index in [1.54, 1.807) is 0 Å². The largest absolute Gasteiger partial charge is 0.317 e. The first-order chi connectivity index (χ1) is 7.22. The number of nitrogens with one attached hydrogen (secondary N) is 1. The van der Waals surface area contributed by atoms with Crippen molar-refractivity contribution in [3.63, 3.8) is 0 Å². The van der Waals surface area contributed by atoms with Gasteiger partial charge in [-0.3, -0.25) is 4.98 Å². The van der Waals surface area contributed by atoms with Crippen LogP contribution in [0.1, 0.15) is 25.5 Å². The summed E-state index contributed by atoms with van der Waals surface area (Å²) in [5.41, 5.74) is 2.40. The number of aromatic nitrogens is 1. The molecule has 0 saturated carbocycles. The van der Waals surface area contributed by atoms with E-state index in [2.05, 4.69) is 29.9 Å². The van der Waals surface area contributed by atoms with Crippen molar-refractivity contribution in [3.05, 3.63) is 42.2 Å². The Bertz CT molecular complexity index is 293. The molecule has 82 valence electrons. The third-order valence-electron chi connectivity index (χ3n) is 2.51. The molecule has 15 heavy (non-hydrogen) atoms. The van der Waals surface area contributed by atoms with Gasteiger partial charge in [0.1, 0.15) is 0 Å². The highest BCUT2D eigenvalue weighted by molar-refractivity contribution is 5.05. The summed E-state index contributed by atoms with van der Waals surface area (Å²) in [5, 5.41) is 3.32. The Morgan fingerprint density at radius 3 is 2.87 bits per heavy atom. The van der Waals surface area contributed by atoms with Gasteiger partial charge in [-0.25, -0.2) is 0 Å². The minimum atomic E-state index is 0.497. The summed E-state index contributed by atoms with van der Waals surface area (Å²) in [6.07, 6.45) is 5.05. The van der Waals surface area contributed by atoms with E-state index in [1.165, 1.54) is 5.57 Å². The summed E-state index contributed by atoms with van der Waals surface area (Å²) in [4.78, 5) is 4.33. The molecule has 0 aromatic carbocycles. The van der Waals surface area contributed by atoms with Crippen molar-refractivity contribution in [2.24, 2.45) is 0 Å². The van der Waals surface area contributed by atoms with Crippen molar-refractivity contribution < 1.29 is 0 Å². The van der Waals surface area contributed by atoms with Crippen LogP contribution in [0.4, 0.5) is 0 Å². The molecule has 1 rings (SSSR count). The Balaban J connectivity index is 2.43. The van der Waals surface area contributed by atoms with Crippen LogP contribution in [-0.4, -0.2) is 18.1 Å². The number of nitrogens with zero attached hydrogens (tertiary/aromatic N) is 1. The fourth-order valence-corrected chi connectivity index (χ4v) is 1.54. The number of pyridine rings is 1. The Kier molecular flexibility index (Phi) is 5.05. The number of hydrogen-bond donors (Lipinski definition) is 1. The van der Waals surface area contributed by atoms with E-state index in [4.69, 9.17) is 0 Å². The molecule has 0 radical (unpaired) electrons. The fourth-order valence-electron chi connectivity index (χ4n) is 1.54. The van der Waals surface area contributed by atoms with Crippen LogP contribution in [0, 0.1) is 0 Å². The van der Waals surface area contributed by atoms with Gasteiger partial charge >= 0.3 is 0 Å². The molecule has 1 N–H and O–H groups in total. The van der Waals surface area contributed by atoms with E-state index in [0.29, 0.717) is 6.04 Å². The van der Waals surface area contributed by atoms with Gasteiger partial charge in [-0.1, -0.05) is 11.6 Å². The minimum absolute atomic E-state index is 0.497. The molecule has 0 amide bonds. The fraction of sp³-hybridized carbons (Fsp3) is 0.462. The molecule has 0 aliphatic heterocycles. The zero-order chi connectivity index (χ0) is 11.1. The van der Waals surface area contributed by atoms with E-state index in [1.807, 2.05) is 25.4 Å². The van der Waals surface area contributed by atoms with E-state index >= 15 is 0 Å². The highest BCUT2D eigenvalue weighted by Gasteiger charge is 2.07. The van der Waals surface area contributed by atoms with Crippen molar-refractivity contribution in [1.82, 2.24) is 10.3 Å². The minimum Gasteiger partial charge on any atom is -0.317 e. The first-order valence-corrected chi connectivity index (χ1v) is 5.44. The standard InChI is InChI=1S/C13H20N2/c1-11(2)7-8-12(14-3)10-13-6-4-5-9-15-13/h4-6,9,12,14H,1,7-8,10H2,2-3H3. The van der Waals surface area contributed by atoms with E-state index in [-0.39, 0.29) is 0 Å². The SMILES string of the molecule is C=C(C)CCC(Cc1ccccn1)NC. The summed E-state index contributed by atoms with van der Waals surface area (Å²) in [6, 6.07) is 6.56. The molecular formula is C13H20N2. The lowest BCUT2D eigenvalue weighted by Gasteiger charge is -2.15. The van der Waals surface area contributed by atoms with Gasteiger partial charge < -0.3 is 5.32 Å². The average molecular weight is 204 g/mol. The summed E-state index contributed by atoms with van der Waals surface area (Å²) in [7, 11) is 2.01. The maximum absolute atomic E-state index is 4.33. The summed E-state index contributed by atoms with van der Waals surface area (Å²) >= 11 is 0. The number of likely N-dealkylation sites (N-methyl/N-ethyl adjacent to an activating group) is 1. The predicted molar refractivity (Wildman–Crippen MR) is 64.8 cm³/mol. The second kappa shape index (κ2) is 6.36. The highest BCUT2D eigenvalue weighted by atomic mass is 14.9. The topological polar surface area (TPSA) is 24.9 Å². The van der Waals surface area contributed by atoms with Gasteiger partial charge in [-0.05, 0) is 38.9 Å². The second-order valence-corrected chi connectivity index (χ2v) is 4.01. The van der Waals surface area contributed by atoms with Crippen molar-refractivity contribution in [3.8, 4) is 0 Å². The van der Waals surface area contributed by atoms with Crippen molar-refractivity contribution in [1.29, 1.82) is 0 Å². The Hall–Kier alpha value is -1.15. The van der Waals surface area contributed by atoms with E-state index in [9.17, 15) is 0 Å². The maximum atomic E-state index is 4.33. The van der Waals surface area contributed by atoms with Gasteiger partial charge in [0, 0.05) is 24.4 Å². The molecule has 2 heteroatoms. The third-order valence-corrected chi connectivity index (χ3v) is 2.51. The quantitative estimate of drug-likeness (QED) is 0.720. The smallest absolute Gasteiger partial charge is 0.0419 e. The average Bonchev–Trinajstić information content (AvgIpc) is 2.25. The van der Waals surface area contributed by atoms with Crippen molar-refractivity contribution >= 4 is 0 Å². The molecule has 0 aliphatic rings. The maximum Gasteiger partial charge on any atom is 0.0419 e. The lowest BCUT2D eigenvalue weighted by atomic mass is 10.0. The van der Waals surface area contributed by atoms with Crippen molar-refractivity contribution in [2.45, 2.75) is 32.2 Å². The zero-order valence-electron chi connectivity index (χ0n) is 9.66. The van der Waals surface area contributed by atoms with Crippen LogP contribution in [0.25, 0.3) is 0 Å². The molecule has 0 fully saturated rings. The van der Waals surface area contributed by atoms with E-state index < -0.39 is 0 Å². The first-order valence-electron chi connectivity index (χ1n) is 5.44. The van der Waals surface area contributed by atoms with Crippen LogP contribution in [0.3, 0.4) is 0 Å². The molecule has 1 atom stereocenters. The van der Waals surface area contributed by atoms with Crippen LogP contribution < -0.4 is 5.32 Å². The molecule has 2 nitrogen and oxygen atoms in total. The van der Waals surface area contributed by atoms with Crippen molar-refractivity contribution in [2.75, 3.05) is 7.05 Å². The van der Waals surface area contributed by atoms with Crippen LogP contribution in [0.2, 0.25) is 0 Å². The lowest BCUT2D eigenvalue weighted by Crippen LogP contribution is -2.27. The molecule has 0 aliphatic carbocycles. The molecular weight excluding hydrogens is 184 g/mol. The molecule has 1 aromatic rings. The van der Waals surface area contributed by atoms with Crippen LogP contribution in [0.15, 0.2) is 36.5 Å². The lowest BCUT2D eigenvalue weighted by molar-refractivity contribution is 0.514. The van der Waals surface area contributed by atoms with Crippen LogP contribution in [-0.2, 0) is 6.42 Å². The summed E-state index contributed by atoms with van der Waals surface area (Å²) in [5.74, 6) is 0. The highest BCUT2D eigenvalue weighted by Crippen LogP contribution is 2.08. The van der Waals surface area contributed by atoms with Gasteiger partial charge in [0.15, 0.2) is 0 Å². The molecule has 1 unspecified atom stereocenters. The van der Waals surface area contributed by atoms with Crippen LogP contribution in [0.5, 0.6) is 0 Å². The second-order valence-electron chi connectivity index (χ2n) is 4.01. The number of allylic oxidation sites excluding steroid dienone is 1. The Morgan fingerprint density at radius 1 is 1.53 bits per heavy atom. The van der Waals surface area contributed by atoms with Gasteiger partial charge in [0.25, 0.3) is 0 Å². The molecule has 0 spiro atoms. The molecule has 1 aromatic heterocycles. The Labute approximate surface area is 92.4 Å². The molecule has 0 bridgehead atoms. The first kappa shape index (κ1) is 11.9. The Morgan fingerprint density at radius 2 is 2.33 bits per heavy atom. The monoisotopic (exact) mass is 204 g/mol.